The number of aliphatic hydroxyl groups excluding tert-OH is 1. The Morgan fingerprint density at radius 1 is 1.28 bits per heavy atom. The van der Waals surface area contributed by atoms with Crippen LogP contribution in [-0.4, -0.2) is 56.6 Å². The minimum atomic E-state index is -0.985. The summed E-state index contributed by atoms with van der Waals surface area (Å²) >= 11 is 0. The summed E-state index contributed by atoms with van der Waals surface area (Å²) in [5, 5.41) is 9.63. The Morgan fingerprint density at radius 3 is 2.50 bits per heavy atom. The van der Waals surface area contributed by atoms with Gasteiger partial charge in [0.05, 0.1) is 27.7 Å². The topological polar surface area (TPSA) is 38.7 Å². The van der Waals surface area contributed by atoms with Gasteiger partial charge in [0, 0.05) is 5.56 Å². The largest absolute Gasteiger partial charge is 0.390 e. The van der Waals surface area contributed by atoms with Crippen molar-refractivity contribution < 1.29 is 19.1 Å². The lowest BCUT2D eigenvalue weighted by molar-refractivity contribution is -0.873. The van der Waals surface area contributed by atoms with Gasteiger partial charge in [0.15, 0.2) is 0 Å². The first-order chi connectivity index (χ1) is 8.45. The van der Waals surface area contributed by atoms with Crippen molar-refractivity contribution in [1.29, 1.82) is 0 Å². The zero-order valence-electron chi connectivity index (χ0n) is 11.3. The smallest absolute Gasteiger partial charge is 0.219 e. The van der Waals surface area contributed by atoms with Crippen LogP contribution < -0.4 is 0 Å². The molecule has 1 aliphatic heterocycles. The second-order valence-corrected chi connectivity index (χ2v) is 5.80. The first kappa shape index (κ1) is 13.5. The zero-order chi connectivity index (χ0) is 13.2. The highest BCUT2D eigenvalue weighted by atomic mass is 16.8. The van der Waals surface area contributed by atoms with Crippen LogP contribution in [0.25, 0.3) is 0 Å². The summed E-state index contributed by atoms with van der Waals surface area (Å²) in [7, 11) is 6.35. The van der Waals surface area contributed by atoms with Gasteiger partial charge in [-0.2, -0.15) is 0 Å². The van der Waals surface area contributed by atoms with Gasteiger partial charge >= 0.3 is 0 Å². The summed E-state index contributed by atoms with van der Waals surface area (Å²) in [6, 6.07) is 9.63. The molecule has 0 unspecified atom stereocenters. The first-order valence-electron chi connectivity index (χ1n) is 6.24. The molecular weight excluding hydrogens is 230 g/mol. The van der Waals surface area contributed by atoms with E-state index in [-0.39, 0.29) is 12.7 Å². The van der Waals surface area contributed by atoms with E-state index in [1.165, 1.54) is 0 Å². The van der Waals surface area contributed by atoms with E-state index in [9.17, 15) is 5.11 Å². The fourth-order valence-electron chi connectivity index (χ4n) is 2.28. The van der Waals surface area contributed by atoms with E-state index in [4.69, 9.17) is 9.47 Å². The molecule has 18 heavy (non-hydrogen) atoms. The number of hydrogen-bond acceptors (Lipinski definition) is 3. The first-order valence-corrected chi connectivity index (χ1v) is 6.24. The maximum atomic E-state index is 9.63. The molecule has 0 spiro atoms. The molecule has 0 aromatic heterocycles. The van der Waals surface area contributed by atoms with E-state index in [0.29, 0.717) is 6.61 Å². The third-order valence-electron chi connectivity index (χ3n) is 3.03. The molecule has 4 nitrogen and oxygen atoms in total. The normalized spacial score (nSPS) is 28.6. The van der Waals surface area contributed by atoms with Crippen LogP contribution >= 0.6 is 0 Å². The highest BCUT2D eigenvalue weighted by molar-refractivity contribution is 5.21. The Labute approximate surface area is 108 Å². The Bertz CT molecular complexity index is 388. The van der Waals surface area contributed by atoms with Crippen molar-refractivity contribution in [2.45, 2.75) is 11.9 Å². The molecule has 1 saturated heterocycles. The lowest BCUT2D eigenvalue weighted by Crippen LogP contribution is -2.43. The number of aliphatic hydroxyl groups is 1. The van der Waals surface area contributed by atoms with Crippen LogP contribution in [0.1, 0.15) is 5.56 Å². The van der Waals surface area contributed by atoms with Crippen LogP contribution in [0.3, 0.4) is 0 Å². The molecule has 0 amide bonds. The SMILES string of the molecule is C[N+](C)(C)C[C@@H]1CO[C@](CO)(c2ccccc2)O1. The molecule has 0 bridgehead atoms. The quantitative estimate of drug-likeness (QED) is 0.811. The Balaban J connectivity index is 2.13. The van der Waals surface area contributed by atoms with Gasteiger partial charge in [-0.05, 0) is 0 Å². The Kier molecular flexibility index (Phi) is 3.73. The second kappa shape index (κ2) is 4.97. The van der Waals surface area contributed by atoms with Gasteiger partial charge in [-0.15, -0.1) is 0 Å². The van der Waals surface area contributed by atoms with Crippen LogP contribution in [0, 0.1) is 0 Å². The van der Waals surface area contributed by atoms with E-state index < -0.39 is 5.79 Å². The van der Waals surface area contributed by atoms with Gasteiger partial charge in [0.1, 0.15) is 19.3 Å². The summed E-state index contributed by atoms with van der Waals surface area (Å²) < 4.78 is 12.5. The molecule has 0 radical (unpaired) electrons. The molecule has 1 aliphatic rings. The summed E-state index contributed by atoms with van der Waals surface area (Å²) in [5.41, 5.74) is 0.872. The third kappa shape index (κ3) is 2.90. The number of quaternary nitrogens is 1. The van der Waals surface area contributed by atoms with Crippen LogP contribution in [0.2, 0.25) is 0 Å². The fraction of sp³-hybridized carbons (Fsp3) is 0.571. The average Bonchev–Trinajstić information content (AvgIpc) is 2.72. The van der Waals surface area contributed by atoms with Crippen molar-refractivity contribution in [3.63, 3.8) is 0 Å². The number of ether oxygens (including phenoxy) is 2. The third-order valence-corrected chi connectivity index (χ3v) is 3.03. The van der Waals surface area contributed by atoms with Gasteiger partial charge in [-0.3, -0.25) is 0 Å². The predicted octanol–water partition coefficient (Wildman–Crippen LogP) is 0.953. The molecule has 0 aliphatic carbocycles. The van der Waals surface area contributed by atoms with Gasteiger partial charge < -0.3 is 19.1 Å². The minimum Gasteiger partial charge on any atom is -0.390 e. The number of rotatable bonds is 4. The number of hydrogen-bond donors (Lipinski definition) is 1. The molecule has 1 aromatic carbocycles. The maximum Gasteiger partial charge on any atom is 0.219 e. The molecule has 2 rings (SSSR count). The van der Waals surface area contributed by atoms with Crippen LogP contribution in [-0.2, 0) is 15.3 Å². The van der Waals surface area contributed by atoms with Crippen molar-refractivity contribution in [3.05, 3.63) is 35.9 Å². The number of likely N-dealkylation sites (N-methyl/N-ethyl adjacent to an activating group) is 1. The van der Waals surface area contributed by atoms with Crippen LogP contribution in [0.4, 0.5) is 0 Å². The number of nitrogens with zero attached hydrogens (tertiary/aromatic N) is 1. The molecule has 1 fully saturated rings. The molecular formula is C14H22NO3+. The lowest BCUT2D eigenvalue weighted by atomic mass is 10.1. The molecule has 1 heterocycles. The van der Waals surface area contributed by atoms with Crippen molar-refractivity contribution in [2.24, 2.45) is 0 Å². The van der Waals surface area contributed by atoms with Crippen molar-refractivity contribution in [3.8, 4) is 0 Å². The van der Waals surface area contributed by atoms with E-state index >= 15 is 0 Å². The molecule has 1 aromatic rings. The molecule has 0 saturated carbocycles. The highest BCUT2D eigenvalue weighted by Crippen LogP contribution is 2.34. The summed E-state index contributed by atoms with van der Waals surface area (Å²) in [5.74, 6) is -0.985. The zero-order valence-corrected chi connectivity index (χ0v) is 11.3. The van der Waals surface area contributed by atoms with Crippen molar-refractivity contribution in [2.75, 3.05) is 40.9 Å². The van der Waals surface area contributed by atoms with Crippen LogP contribution in [0.5, 0.6) is 0 Å². The van der Waals surface area contributed by atoms with E-state index in [0.717, 1.165) is 16.6 Å². The molecule has 100 valence electrons. The Morgan fingerprint density at radius 2 is 1.94 bits per heavy atom. The summed E-state index contributed by atoms with van der Waals surface area (Å²) in [6.07, 6.45) is 0.0114. The van der Waals surface area contributed by atoms with Crippen LogP contribution in [0.15, 0.2) is 30.3 Å². The number of benzene rings is 1. The van der Waals surface area contributed by atoms with Crippen molar-refractivity contribution in [1.82, 2.24) is 0 Å². The minimum absolute atomic E-state index is 0.0114. The van der Waals surface area contributed by atoms with E-state index in [2.05, 4.69) is 21.1 Å². The van der Waals surface area contributed by atoms with Gasteiger partial charge in [0.2, 0.25) is 5.79 Å². The van der Waals surface area contributed by atoms with E-state index in [1.807, 2.05) is 30.3 Å². The molecule has 2 atom stereocenters. The molecule has 4 heteroatoms. The lowest BCUT2D eigenvalue weighted by Gasteiger charge is -2.29. The maximum absolute atomic E-state index is 9.63. The average molecular weight is 252 g/mol. The van der Waals surface area contributed by atoms with Gasteiger partial charge in [-0.1, -0.05) is 30.3 Å². The standard InChI is InChI=1S/C14H22NO3/c1-15(2,3)9-13-10-17-14(11-16,18-13)12-7-5-4-6-8-12/h4-8,13,16H,9-11H2,1-3H3/q+1/t13-,14+/m1/s1. The fourth-order valence-corrected chi connectivity index (χ4v) is 2.28. The monoisotopic (exact) mass is 252 g/mol. The van der Waals surface area contributed by atoms with E-state index in [1.54, 1.807) is 0 Å². The van der Waals surface area contributed by atoms with Gasteiger partial charge in [-0.25, -0.2) is 0 Å². The molecule has 1 N–H and O–H groups in total. The summed E-state index contributed by atoms with van der Waals surface area (Å²) in [6.45, 7) is 1.21. The van der Waals surface area contributed by atoms with Gasteiger partial charge in [0.25, 0.3) is 0 Å². The van der Waals surface area contributed by atoms with Crippen molar-refractivity contribution >= 4 is 0 Å². The predicted molar refractivity (Wildman–Crippen MR) is 68.9 cm³/mol. The Hall–Kier alpha value is -0.940. The highest BCUT2D eigenvalue weighted by Gasteiger charge is 2.44. The summed E-state index contributed by atoms with van der Waals surface area (Å²) in [4.78, 5) is 0. The second-order valence-electron chi connectivity index (χ2n) is 5.80.